The van der Waals surface area contributed by atoms with E-state index in [0.29, 0.717) is 44.1 Å². The van der Waals surface area contributed by atoms with E-state index in [4.69, 9.17) is 16.3 Å². The van der Waals surface area contributed by atoms with Gasteiger partial charge < -0.3 is 15.4 Å². The predicted octanol–water partition coefficient (Wildman–Crippen LogP) is 5.23. The van der Waals surface area contributed by atoms with Crippen LogP contribution >= 0.6 is 23.4 Å². The lowest BCUT2D eigenvalue weighted by molar-refractivity contribution is -0.128. The van der Waals surface area contributed by atoms with Gasteiger partial charge in [-0.2, -0.15) is 4.98 Å². The van der Waals surface area contributed by atoms with Crippen LogP contribution in [0.4, 0.5) is 15.8 Å². The third-order valence-electron chi connectivity index (χ3n) is 5.62. The molecule has 1 atom stereocenters. The van der Waals surface area contributed by atoms with Crippen LogP contribution < -0.4 is 15.4 Å². The maximum Gasteiger partial charge on any atom is 0.295 e. The van der Waals surface area contributed by atoms with E-state index in [9.17, 15) is 9.18 Å². The highest BCUT2D eigenvalue weighted by molar-refractivity contribution is 7.98. The molecule has 2 aliphatic rings. The van der Waals surface area contributed by atoms with E-state index in [1.165, 1.54) is 30.0 Å². The fraction of sp³-hybridized carbons (Fsp3) is 0.0833. The number of thioether (sulfide) groups is 1. The summed E-state index contributed by atoms with van der Waals surface area (Å²) in [5.41, 5.74) is 1.60. The zero-order valence-electron chi connectivity index (χ0n) is 17.4. The molecule has 0 unspecified atom stereocenters. The summed E-state index contributed by atoms with van der Waals surface area (Å²) in [4.78, 5) is 17.8. The molecule has 168 valence electrons. The standard InChI is InChI=1S/C24H15ClFN5O2S/c25-17-7-3-1-5-13(17)12-34-23-28-21-20(30-31-23)15-6-2-4-8-18(15)29-24(33-21)16-11-14(26)9-10-19(16)27-22(24)32/h1-11,29H,12H2,(H,27,32)/t24-/m0/s1. The Morgan fingerprint density at radius 1 is 1.03 bits per heavy atom. The molecule has 0 saturated heterocycles. The number of rotatable bonds is 3. The molecule has 0 radical (unpaired) electrons. The summed E-state index contributed by atoms with van der Waals surface area (Å²) in [6, 6.07) is 18.8. The second kappa shape index (κ2) is 7.96. The fourth-order valence-corrected chi connectivity index (χ4v) is 5.05. The van der Waals surface area contributed by atoms with Crippen LogP contribution in [0, 0.1) is 5.82 Å². The molecule has 3 aromatic carbocycles. The van der Waals surface area contributed by atoms with E-state index in [1.54, 1.807) is 6.07 Å². The minimum atomic E-state index is -1.72. The van der Waals surface area contributed by atoms with Gasteiger partial charge in [-0.25, -0.2) is 4.39 Å². The van der Waals surface area contributed by atoms with E-state index in [-0.39, 0.29) is 5.88 Å². The summed E-state index contributed by atoms with van der Waals surface area (Å²) < 4.78 is 20.5. The quantitative estimate of drug-likeness (QED) is 0.379. The number of amides is 1. The predicted molar refractivity (Wildman–Crippen MR) is 127 cm³/mol. The summed E-state index contributed by atoms with van der Waals surface area (Å²) in [6.45, 7) is 0. The average Bonchev–Trinajstić information content (AvgIpc) is 3.00. The van der Waals surface area contributed by atoms with Crippen LogP contribution in [-0.2, 0) is 16.3 Å². The summed E-state index contributed by atoms with van der Waals surface area (Å²) in [7, 11) is 0. The maximum atomic E-state index is 14.2. The molecule has 6 rings (SSSR count). The number of benzene rings is 3. The Labute approximate surface area is 202 Å². The molecule has 1 amide bonds. The van der Waals surface area contributed by atoms with Crippen LogP contribution in [0.2, 0.25) is 5.02 Å². The van der Waals surface area contributed by atoms with Gasteiger partial charge in [0.2, 0.25) is 11.0 Å². The summed E-state index contributed by atoms with van der Waals surface area (Å²) in [6.07, 6.45) is 0. The van der Waals surface area contributed by atoms with Crippen LogP contribution in [0.5, 0.6) is 5.88 Å². The van der Waals surface area contributed by atoms with E-state index in [1.807, 2.05) is 42.5 Å². The number of nitrogens with zero attached hydrogens (tertiary/aromatic N) is 3. The Bertz CT molecular complexity index is 1470. The van der Waals surface area contributed by atoms with Crippen LogP contribution in [-0.4, -0.2) is 21.1 Å². The van der Waals surface area contributed by atoms with Crippen molar-refractivity contribution in [3.63, 3.8) is 0 Å². The molecule has 1 aromatic heterocycles. The molecule has 2 N–H and O–H groups in total. The van der Waals surface area contributed by atoms with Crippen molar-refractivity contribution in [1.29, 1.82) is 0 Å². The first-order valence-electron chi connectivity index (χ1n) is 10.3. The van der Waals surface area contributed by atoms with Gasteiger partial charge in [0.15, 0.2) is 5.69 Å². The first-order valence-corrected chi connectivity index (χ1v) is 11.7. The third kappa shape index (κ3) is 3.36. The molecule has 1 spiro atoms. The first-order chi connectivity index (χ1) is 16.5. The maximum absolute atomic E-state index is 14.2. The number of anilines is 2. The molecule has 0 bridgehead atoms. The monoisotopic (exact) mass is 491 g/mol. The van der Waals surface area contributed by atoms with E-state index >= 15 is 0 Å². The van der Waals surface area contributed by atoms with Gasteiger partial charge in [0.1, 0.15) is 5.82 Å². The SMILES string of the molecule is O=C1Nc2ccc(F)cc2[C@@]12Nc1ccccc1-c1nnc(SCc3ccccc3Cl)nc1O2. The molecular formula is C24H15ClFN5O2S. The van der Waals surface area contributed by atoms with Gasteiger partial charge >= 0.3 is 0 Å². The van der Waals surface area contributed by atoms with Gasteiger partial charge in [0, 0.05) is 22.0 Å². The van der Waals surface area contributed by atoms with Gasteiger partial charge in [0.05, 0.1) is 11.3 Å². The number of aromatic nitrogens is 3. The number of carbonyl (C=O) groups excluding carboxylic acids is 1. The van der Waals surface area contributed by atoms with E-state index < -0.39 is 17.4 Å². The fourth-order valence-electron chi connectivity index (χ4n) is 3.99. The lowest BCUT2D eigenvalue weighted by Gasteiger charge is -2.28. The largest absolute Gasteiger partial charge is 0.435 e. The van der Waals surface area contributed by atoms with Crippen molar-refractivity contribution >= 4 is 40.6 Å². The normalized spacial score (nSPS) is 17.6. The van der Waals surface area contributed by atoms with Crippen LogP contribution in [0.1, 0.15) is 11.1 Å². The lowest BCUT2D eigenvalue weighted by Crippen LogP contribution is -2.47. The van der Waals surface area contributed by atoms with E-state index in [2.05, 4.69) is 25.8 Å². The molecule has 2 aliphatic heterocycles. The molecular weight excluding hydrogens is 477 g/mol. The Balaban J connectivity index is 1.45. The molecule has 4 aromatic rings. The summed E-state index contributed by atoms with van der Waals surface area (Å²) in [5, 5.41) is 15.6. The lowest BCUT2D eigenvalue weighted by atomic mass is 10.0. The van der Waals surface area contributed by atoms with Crippen molar-refractivity contribution in [2.45, 2.75) is 16.6 Å². The first kappa shape index (κ1) is 20.9. The average molecular weight is 492 g/mol. The number of nitrogens with one attached hydrogen (secondary N) is 2. The van der Waals surface area contributed by atoms with Crippen LogP contribution in [0.25, 0.3) is 11.3 Å². The number of hydrogen-bond donors (Lipinski definition) is 2. The Morgan fingerprint density at radius 2 is 1.85 bits per heavy atom. The van der Waals surface area contributed by atoms with Gasteiger partial charge in [-0.15, -0.1) is 10.2 Å². The Kier molecular flexibility index (Phi) is 4.89. The van der Waals surface area contributed by atoms with Crippen molar-refractivity contribution < 1.29 is 13.9 Å². The minimum absolute atomic E-state index is 0.112. The van der Waals surface area contributed by atoms with Crippen molar-refractivity contribution in [2.24, 2.45) is 0 Å². The Morgan fingerprint density at radius 3 is 2.74 bits per heavy atom. The number of halogens is 2. The molecule has 0 saturated carbocycles. The number of ether oxygens (including phenoxy) is 1. The molecule has 0 aliphatic carbocycles. The smallest absolute Gasteiger partial charge is 0.295 e. The highest BCUT2D eigenvalue weighted by Crippen LogP contribution is 2.46. The number of hydrogen-bond acceptors (Lipinski definition) is 7. The van der Waals surface area contributed by atoms with Crippen molar-refractivity contribution in [3.05, 3.63) is 88.7 Å². The molecule has 10 heteroatoms. The highest BCUT2D eigenvalue weighted by atomic mass is 35.5. The second-order valence-corrected chi connectivity index (χ2v) is 9.08. The topological polar surface area (TPSA) is 89.0 Å². The number of fused-ring (bicyclic) bond motifs is 5. The number of carbonyl (C=O) groups is 1. The summed E-state index contributed by atoms with van der Waals surface area (Å²) in [5.74, 6) is -0.343. The van der Waals surface area contributed by atoms with Crippen molar-refractivity contribution in [1.82, 2.24) is 15.2 Å². The Hall–Kier alpha value is -3.69. The summed E-state index contributed by atoms with van der Waals surface area (Å²) >= 11 is 7.60. The highest BCUT2D eigenvalue weighted by Gasteiger charge is 2.52. The zero-order valence-corrected chi connectivity index (χ0v) is 19.0. The van der Waals surface area contributed by atoms with Crippen LogP contribution in [0.3, 0.4) is 0 Å². The third-order valence-corrected chi connectivity index (χ3v) is 6.88. The van der Waals surface area contributed by atoms with E-state index in [0.717, 1.165) is 5.56 Å². The van der Waals surface area contributed by atoms with Gasteiger partial charge in [-0.3, -0.25) is 4.79 Å². The van der Waals surface area contributed by atoms with Gasteiger partial charge in [-0.1, -0.05) is 59.8 Å². The van der Waals surface area contributed by atoms with Crippen molar-refractivity contribution in [2.75, 3.05) is 10.6 Å². The number of para-hydroxylation sites is 1. The minimum Gasteiger partial charge on any atom is -0.435 e. The van der Waals surface area contributed by atoms with Crippen LogP contribution in [0.15, 0.2) is 71.9 Å². The zero-order chi connectivity index (χ0) is 23.3. The molecule has 3 heterocycles. The molecule has 7 nitrogen and oxygen atoms in total. The van der Waals surface area contributed by atoms with Crippen molar-refractivity contribution in [3.8, 4) is 17.1 Å². The van der Waals surface area contributed by atoms with Gasteiger partial charge in [0.25, 0.3) is 11.6 Å². The molecule has 34 heavy (non-hydrogen) atoms. The molecule has 0 fully saturated rings. The van der Waals surface area contributed by atoms with Gasteiger partial charge in [-0.05, 0) is 35.9 Å². The second-order valence-electron chi connectivity index (χ2n) is 7.73.